The molecule has 0 spiro atoms. The molecule has 3 nitrogen and oxygen atoms in total. The van der Waals surface area contributed by atoms with E-state index in [1.807, 2.05) is 0 Å². The Bertz CT molecular complexity index is 291. The first-order valence-corrected chi connectivity index (χ1v) is 11.8. The van der Waals surface area contributed by atoms with Gasteiger partial charge >= 0.3 is 135 Å². The zero-order chi connectivity index (χ0) is 16.1. The van der Waals surface area contributed by atoms with Crippen molar-refractivity contribution in [2.24, 2.45) is 0 Å². The SMILES string of the molecule is CC[N]([Sn]1[N](C(C)(C)C)C(C)[N]1C(C)(C)C)C(C)(C)C. The van der Waals surface area contributed by atoms with Crippen LogP contribution in [0.25, 0.3) is 0 Å². The summed E-state index contributed by atoms with van der Waals surface area (Å²) in [6.07, 6.45) is 0.570. The molecule has 4 heteroatoms. The molecule has 1 aliphatic heterocycles. The second-order valence-corrected chi connectivity index (χ2v) is 14.9. The van der Waals surface area contributed by atoms with Crippen LogP contribution in [0.1, 0.15) is 76.2 Å². The monoisotopic (exact) mass is 390 g/mol. The fourth-order valence-electron chi connectivity index (χ4n) is 3.41. The molecule has 0 aromatic rings. The van der Waals surface area contributed by atoms with Crippen LogP contribution in [0.4, 0.5) is 0 Å². The molecule has 0 N–H and O–H groups in total. The van der Waals surface area contributed by atoms with E-state index in [0.29, 0.717) is 6.17 Å². The molecular weight excluding hydrogens is 353 g/mol. The molecule has 0 saturated carbocycles. The van der Waals surface area contributed by atoms with Gasteiger partial charge < -0.3 is 0 Å². The molecule has 0 aliphatic carbocycles. The molecule has 0 atom stereocenters. The molecule has 0 unspecified atom stereocenters. The van der Waals surface area contributed by atoms with Gasteiger partial charge in [-0.3, -0.25) is 0 Å². The minimum atomic E-state index is -1.97. The van der Waals surface area contributed by atoms with Crippen LogP contribution in [-0.4, -0.2) is 59.3 Å². The summed E-state index contributed by atoms with van der Waals surface area (Å²) >= 11 is -1.97. The normalized spacial score (nSPS) is 21.6. The molecule has 0 amide bonds. The Balaban J connectivity index is 3.19. The van der Waals surface area contributed by atoms with Crippen LogP contribution in [-0.2, 0) is 0 Å². The van der Waals surface area contributed by atoms with Crippen LogP contribution in [0.3, 0.4) is 0 Å². The predicted octanol–water partition coefficient (Wildman–Crippen LogP) is 3.65. The number of nitrogens with zero attached hydrogens (tertiary/aromatic N) is 3. The first-order chi connectivity index (χ1) is 8.73. The fraction of sp³-hybridized carbons (Fsp3) is 1.00. The summed E-state index contributed by atoms with van der Waals surface area (Å²) in [4.78, 5) is 0. The Kier molecular flexibility index (Phi) is 5.35. The van der Waals surface area contributed by atoms with E-state index in [1.165, 1.54) is 0 Å². The van der Waals surface area contributed by atoms with Gasteiger partial charge in [0.05, 0.1) is 0 Å². The maximum atomic E-state index is 2.84. The van der Waals surface area contributed by atoms with Crippen molar-refractivity contribution >= 4 is 20.6 Å². The molecular formula is C16H36N3Sn. The van der Waals surface area contributed by atoms with Crippen molar-refractivity contribution in [3.05, 3.63) is 0 Å². The van der Waals surface area contributed by atoms with Crippen molar-refractivity contribution in [2.75, 3.05) is 6.54 Å². The molecule has 0 bridgehead atoms. The summed E-state index contributed by atoms with van der Waals surface area (Å²) in [5.74, 6) is 0. The number of hydrogen-bond acceptors (Lipinski definition) is 3. The molecule has 20 heavy (non-hydrogen) atoms. The third-order valence-electron chi connectivity index (χ3n) is 3.99. The summed E-state index contributed by atoms with van der Waals surface area (Å²) in [5, 5.41) is 0. The zero-order valence-electron chi connectivity index (χ0n) is 15.6. The molecule has 1 radical (unpaired) electrons. The van der Waals surface area contributed by atoms with Crippen molar-refractivity contribution < 1.29 is 0 Å². The maximum absolute atomic E-state index is 2.84. The van der Waals surface area contributed by atoms with Crippen LogP contribution in [0.15, 0.2) is 0 Å². The second kappa shape index (κ2) is 5.71. The summed E-state index contributed by atoms with van der Waals surface area (Å²) < 4.78 is 8.50. The Labute approximate surface area is 135 Å². The third-order valence-corrected chi connectivity index (χ3v) is 16.6. The molecule has 1 heterocycles. The van der Waals surface area contributed by atoms with Gasteiger partial charge in [0, 0.05) is 0 Å². The van der Waals surface area contributed by atoms with Gasteiger partial charge in [-0.1, -0.05) is 0 Å². The average molecular weight is 389 g/mol. The summed E-state index contributed by atoms with van der Waals surface area (Å²) in [6.45, 7) is 27.2. The third kappa shape index (κ3) is 3.53. The quantitative estimate of drug-likeness (QED) is 0.668. The summed E-state index contributed by atoms with van der Waals surface area (Å²) in [7, 11) is 0. The molecule has 1 saturated heterocycles. The molecule has 1 fully saturated rings. The van der Waals surface area contributed by atoms with Crippen molar-refractivity contribution in [3.63, 3.8) is 0 Å². The molecule has 1 rings (SSSR count). The Morgan fingerprint density at radius 1 is 0.850 bits per heavy atom. The fourth-order valence-corrected chi connectivity index (χ4v) is 13.6. The average Bonchev–Trinajstić information content (AvgIpc) is 2.09. The summed E-state index contributed by atoms with van der Waals surface area (Å²) in [6, 6.07) is 0. The van der Waals surface area contributed by atoms with Crippen molar-refractivity contribution in [1.82, 2.24) is 9.36 Å². The van der Waals surface area contributed by atoms with Gasteiger partial charge in [0.1, 0.15) is 0 Å². The van der Waals surface area contributed by atoms with Crippen molar-refractivity contribution in [2.45, 2.75) is 98.9 Å². The predicted molar refractivity (Wildman–Crippen MR) is 90.5 cm³/mol. The van der Waals surface area contributed by atoms with E-state index < -0.39 is 20.6 Å². The van der Waals surface area contributed by atoms with Crippen LogP contribution < -0.4 is 0 Å². The van der Waals surface area contributed by atoms with Gasteiger partial charge in [0.2, 0.25) is 0 Å². The standard InChI is InChI=1S/C10H22N2.C6H14N.Sn/c1-8(11-9(2,3)4)12-10(5,6)7;1-5-7-6(2,3)4;/h8H,1-7H3;5H2,1-4H3;/q-2;-1;+3. The Morgan fingerprint density at radius 2 is 1.20 bits per heavy atom. The minimum absolute atomic E-state index is 0.261. The van der Waals surface area contributed by atoms with Gasteiger partial charge in [0.15, 0.2) is 0 Å². The van der Waals surface area contributed by atoms with Crippen molar-refractivity contribution in [1.29, 1.82) is 0 Å². The van der Waals surface area contributed by atoms with E-state index in [1.54, 1.807) is 0 Å². The van der Waals surface area contributed by atoms with Crippen LogP contribution in [0.2, 0.25) is 0 Å². The van der Waals surface area contributed by atoms with Gasteiger partial charge in [0.25, 0.3) is 0 Å². The topological polar surface area (TPSA) is 9.72 Å². The molecule has 119 valence electrons. The Hall–Kier alpha value is 0.679. The first-order valence-electron chi connectivity index (χ1n) is 7.96. The molecule has 0 aromatic heterocycles. The van der Waals surface area contributed by atoms with E-state index >= 15 is 0 Å². The van der Waals surface area contributed by atoms with Gasteiger partial charge in [-0.05, 0) is 0 Å². The number of hydrogen-bond donors (Lipinski definition) is 0. The van der Waals surface area contributed by atoms with Crippen molar-refractivity contribution in [3.8, 4) is 0 Å². The first kappa shape index (κ1) is 18.7. The second-order valence-electron chi connectivity index (χ2n) is 8.93. The van der Waals surface area contributed by atoms with E-state index in [-0.39, 0.29) is 16.6 Å². The van der Waals surface area contributed by atoms with E-state index in [2.05, 4.69) is 85.5 Å². The van der Waals surface area contributed by atoms with E-state index in [9.17, 15) is 0 Å². The van der Waals surface area contributed by atoms with Gasteiger partial charge in [-0.2, -0.15) is 0 Å². The van der Waals surface area contributed by atoms with E-state index in [4.69, 9.17) is 0 Å². The number of rotatable bonds is 2. The molecule has 1 aliphatic rings. The molecule has 0 aromatic carbocycles. The summed E-state index contributed by atoms with van der Waals surface area (Å²) in [5.41, 5.74) is 0.805. The van der Waals surface area contributed by atoms with Crippen LogP contribution >= 0.6 is 0 Å². The Morgan fingerprint density at radius 3 is 1.40 bits per heavy atom. The van der Waals surface area contributed by atoms with Gasteiger partial charge in [-0.15, -0.1) is 0 Å². The zero-order valence-corrected chi connectivity index (χ0v) is 18.5. The van der Waals surface area contributed by atoms with Crippen LogP contribution in [0.5, 0.6) is 0 Å². The van der Waals surface area contributed by atoms with Gasteiger partial charge in [-0.25, -0.2) is 0 Å². The van der Waals surface area contributed by atoms with E-state index in [0.717, 1.165) is 6.54 Å². The van der Waals surface area contributed by atoms with Crippen LogP contribution in [0, 0.1) is 0 Å².